The predicted octanol–water partition coefficient (Wildman–Crippen LogP) is 4.71. The second kappa shape index (κ2) is 8.97. The van der Waals surface area contributed by atoms with Crippen LogP contribution in [0.15, 0.2) is 77.9 Å². The van der Waals surface area contributed by atoms with Crippen LogP contribution in [0.4, 0.5) is 5.69 Å². The van der Waals surface area contributed by atoms with Gasteiger partial charge in [0, 0.05) is 16.8 Å². The third-order valence-electron chi connectivity index (χ3n) is 4.48. The summed E-state index contributed by atoms with van der Waals surface area (Å²) >= 11 is 0. The van der Waals surface area contributed by atoms with E-state index in [1.807, 2.05) is 63.2 Å². The Morgan fingerprint density at radius 1 is 0.724 bits per heavy atom. The largest absolute Gasteiger partial charge is 0.322 e. The number of anilines is 1. The lowest BCUT2D eigenvalue weighted by Crippen LogP contribution is -2.19. The van der Waals surface area contributed by atoms with Crippen molar-refractivity contribution in [2.75, 3.05) is 5.32 Å². The number of carbonyl (C=O) groups excluding carboxylic acids is 2. The minimum absolute atomic E-state index is 0.191. The number of amides is 2. The fourth-order valence-corrected chi connectivity index (χ4v) is 2.75. The second-order valence-electron chi connectivity index (χ2n) is 6.91. The summed E-state index contributed by atoms with van der Waals surface area (Å²) in [5.74, 6) is -0.503. The molecule has 0 aliphatic carbocycles. The Morgan fingerprint density at radius 2 is 1.38 bits per heavy atom. The smallest absolute Gasteiger partial charge is 0.271 e. The molecule has 0 unspecified atom stereocenters. The lowest BCUT2D eigenvalue weighted by molar-refractivity contribution is 0.0954. The fraction of sp³-hybridized carbons (Fsp3) is 0.125. The van der Waals surface area contributed by atoms with Gasteiger partial charge in [-0.25, -0.2) is 5.43 Å². The number of nitrogens with zero attached hydrogens (tertiary/aromatic N) is 1. The van der Waals surface area contributed by atoms with E-state index in [4.69, 9.17) is 0 Å². The van der Waals surface area contributed by atoms with E-state index < -0.39 is 0 Å². The van der Waals surface area contributed by atoms with Crippen LogP contribution in [0.3, 0.4) is 0 Å². The first-order chi connectivity index (χ1) is 13.9. The molecular formula is C24H23N3O2. The van der Waals surface area contributed by atoms with Crippen LogP contribution in [0.5, 0.6) is 0 Å². The van der Waals surface area contributed by atoms with Gasteiger partial charge in [-0.3, -0.25) is 9.59 Å². The first kappa shape index (κ1) is 20.0. The number of hydrogen-bond acceptors (Lipinski definition) is 3. The minimum Gasteiger partial charge on any atom is -0.322 e. The molecule has 0 heterocycles. The lowest BCUT2D eigenvalue weighted by atomic mass is 10.1. The fourth-order valence-electron chi connectivity index (χ4n) is 2.75. The first-order valence-electron chi connectivity index (χ1n) is 9.32. The quantitative estimate of drug-likeness (QED) is 0.493. The molecule has 0 aliphatic heterocycles. The molecule has 2 amide bonds. The van der Waals surface area contributed by atoms with Crippen LogP contribution >= 0.6 is 0 Å². The number of nitrogens with one attached hydrogen (secondary N) is 2. The molecule has 0 saturated heterocycles. The first-order valence-corrected chi connectivity index (χ1v) is 9.32. The molecule has 2 N–H and O–H groups in total. The van der Waals surface area contributed by atoms with Crippen molar-refractivity contribution in [1.82, 2.24) is 5.43 Å². The van der Waals surface area contributed by atoms with Gasteiger partial charge in [0.1, 0.15) is 0 Å². The monoisotopic (exact) mass is 385 g/mol. The number of benzene rings is 3. The number of carbonyl (C=O) groups is 2. The van der Waals surface area contributed by atoms with Gasteiger partial charge in [-0.1, -0.05) is 47.5 Å². The molecule has 3 rings (SSSR count). The third-order valence-corrected chi connectivity index (χ3v) is 4.48. The highest BCUT2D eigenvalue weighted by atomic mass is 16.2. The molecule has 0 fully saturated rings. The van der Waals surface area contributed by atoms with Crippen LogP contribution < -0.4 is 10.7 Å². The Kier molecular flexibility index (Phi) is 6.19. The lowest BCUT2D eigenvalue weighted by Gasteiger charge is -2.07. The summed E-state index contributed by atoms with van der Waals surface area (Å²) in [5.41, 5.74) is 8.09. The van der Waals surface area contributed by atoms with E-state index in [-0.39, 0.29) is 11.8 Å². The van der Waals surface area contributed by atoms with Crippen molar-refractivity contribution in [3.05, 3.63) is 101 Å². The molecular weight excluding hydrogens is 362 g/mol. The molecule has 146 valence electrons. The molecule has 0 radical (unpaired) electrons. The maximum absolute atomic E-state index is 12.3. The van der Waals surface area contributed by atoms with E-state index in [1.54, 1.807) is 30.3 Å². The Balaban J connectivity index is 1.62. The van der Waals surface area contributed by atoms with Gasteiger partial charge in [-0.15, -0.1) is 0 Å². The molecule has 3 aromatic carbocycles. The van der Waals surface area contributed by atoms with Crippen molar-refractivity contribution < 1.29 is 9.59 Å². The summed E-state index contributed by atoms with van der Waals surface area (Å²) in [6.07, 6.45) is 0. The summed E-state index contributed by atoms with van der Waals surface area (Å²) < 4.78 is 0. The van der Waals surface area contributed by atoms with Crippen molar-refractivity contribution in [3.8, 4) is 0 Å². The van der Waals surface area contributed by atoms with Crippen molar-refractivity contribution in [1.29, 1.82) is 0 Å². The van der Waals surface area contributed by atoms with Crippen molar-refractivity contribution >= 4 is 23.2 Å². The van der Waals surface area contributed by atoms with Crippen molar-refractivity contribution in [2.45, 2.75) is 20.8 Å². The minimum atomic E-state index is -0.312. The summed E-state index contributed by atoms with van der Waals surface area (Å²) in [6, 6.07) is 22.0. The molecule has 5 nitrogen and oxygen atoms in total. The van der Waals surface area contributed by atoms with Gasteiger partial charge in [-0.05, 0) is 62.7 Å². The van der Waals surface area contributed by atoms with Crippen LogP contribution in [0, 0.1) is 13.8 Å². The summed E-state index contributed by atoms with van der Waals surface area (Å²) in [7, 11) is 0. The molecule has 0 bridgehead atoms. The maximum Gasteiger partial charge on any atom is 0.271 e. The van der Waals surface area contributed by atoms with E-state index in [0.717, 1.165) is 16.8 Å². The number of hydrazone groups is 1. The molecule has 0 atom stereocenters. The van der Waals surface area contributed by atoms with Crippen molar-refractivity contribution in [3.63, 3.8) is 0 Å². The van der Waals surface area contributed by atoms with Crippen LogP contribution in [0.1, 0.15) is 44.3 Å². The van der Waals surface area contributed by atoms with Gasteiger partial charge in [0.05, 0.1) is 5.71 Å². The highest BCUT2D eigenvalue weighted by molar-refractivity contribution is 6.05. The Bertz CT molecular complexity index is 1050. The zero-order valence-corrected chi connectivity index (χ0v) is 16.7. The Labute approximate surface area is 170 Å². The van der Waals surface area contributed by atoms with E-state index in [9.17, 15) is 9.59 Å². The zero-order chi connectivity index (χ0) is 20.8. The van der Waals surface area contributed by atoms with Gasteiger partial charge >= 0.3 is 0 Å². The van der Waals surface area contributed by atoms with Gasteiger partial charge in [0.15, 0.2) is 0 Å². The SMILES string of the molecule is CC(=NNC(=O)c1ccc(NC(=O)c2cccc(C)c2)cc1)c1ccc(C)cc1. The Hall–Kier alpha value is -3.73. The van der Waals surface area contributed by atoms with Gasteiger partial charge in [0.2, 0.25) is 0 Å². The normalized spacial score (nSPS) is 11.1. The highest BCUT2D eigenvalue weighted by Crippen LogP contribution is 2.13. The summed E-state index contributed by atoms with van der Waals surface area (Å²) in [5, 5.41) is 7.00. The van der Waals surface area contributed by atoms with E-state index in [2.05, 4.69) is 15.8 Å². The molecule has 3 aromatic rings. The zero-order valence-electron chi connectivity index (χ0n) is 16.7. The molecule has 0 aliphatic rings. The number of hydrogen-bond donors (Lipinski definition) is 2. The Morgan fingerprint density at radius 3 is 2.03 bits per heavy atom. The average molecular weight is 385 g/mol. The second-order valence-corrected chi connectivity index (χ2v) is 6.91. The molecule has 0 aromatic heterocycles. The van der Waals surface area contributed by atoms with Crippen LogP contribution in [-0.2, 0) is 0 Å². The van der Waals surface area contributed by atoms with Crippen LogP contribution in [0.25, 0.3) is 0 Å². The predicted molar refractivity (Wildman–Crippen MR) is 116 cm³/mol. The maximum atomic E-state index is 12.3. The van der Waals surface area contributed by atoms with Crippen LogP contribution in [-0.4, -0.2) is 17.5 Å². The molecule has 5 heteroatoms. The van der Waals surface area contributed by atoms with Crippen LogP contribution in [0.2, 0.25) is 0 Å². The van der Waals surface area contributed by atoms with E-state index >= 15 is 0 Å². The molecule has 0 saturated carbocycles. The standard InChI is InChI=1S/C24H23N3O2/c1-16-7-9-19(10-8-16)18(3)26-27-24(29)20-11-13-22(14-12-20)25-23(28)21-6-4-5-17(2)15-21/h4-15H,1-3H3,(H,25,28)(H,27,29). The topological polar surface area (TPSA) is 70.6 Å². The summed E-state index contributed by atoms with van der Waals surface area (Å²) in [4.78, 5) is 24.6. The number of aryl methyl sites for hydroxylation is 2. The molecule has 0 spiro atoms. The van der Waals surface area contributed by atoms with E-state index in [0.29, 0.717) is 16.8 Å². The van der Waals surface area contributed by atoms with Gasteiger partial charge in [-0.2, -0.15) is 5.10 Å². The number of rotatable bonds is 5. The van der Waals surface area contributed by atoms with Crippen molar-refractivity contribution in [2.24, 2.45) is 5.10 Å². The highest BCUT2D eigenvalue weighted by Gasteiger charge is 2.08. The van der Waals surface area contributed by atoms with E-state index in [1.165, 1.54) is 5.56 Å². The third kappa shape index (κ3) is 5.39. The molecule has 29 heavy (non-hydrogen) atoms. The van der Waals surface area contributed by atoms with Gasteiger partial charge < -0.3 is 5.32 Å². The van der Waals surface area contributed by atoms with Gasteiger partial charge in [0.25, 0.3) is 11.8 Å². The average Bonchev–Trinajstić information content (AvgIpc) is 2.73. The summed E-state index contributed by atoms with van der Waals surface area (Å²) in [6.45, 7) is 5.80.